The molecule has 1 aliphatic rings. The first-order chi connectivity index (χ1) is 19.2. The van der Waals surface area contributed by atoms with Crippen LogP contribution in [0, 0.1) is 6.92 Å². The quantitative estimate of drug-likeness (QED) is 0.247. The van der Waals surface area contributed by atoms with E-state index in [1.165, 1.54) is 16.7 Å². The van der Waals surface area contributed by atoms with Crippen LogP contribution >= 0.6 is 0 Å². The number of pyridine rings is 1. The van der Waals surface area contributed by atoms with Crippen LogP contribution in [0.15, 0.2) is 114 Å². The van der Waals surface area contributed by atoms with Crippen molar-refractivity contribution in [1.29, 1.82) is 0 Å². The maximum absolute atomic E-state index is 13.1. The first kappa shape index (κ1) is 24.6. The van der Waals surface area contributed by atoms with Gasteiger partial charge >= 0.3 is 0 Å². The monoisotopic (exact) mass is 510 g/mol. The molecule has 0 saturated carbocycles. The molecule has 0 bridgehead atoms. The van der Waals surface area contributed by atoms with Gasteiger partial charge in [0.25, 0.3) is 5.91 Å². The molecular weight excluding hydrogens is 480 g/mol. The second kappa shape index (κ2) is 10.9. The standard InChI is InChI=1S/C34H30N4O/c1-23-20-33(29-16-7-8-17-32(29)37-23)38-26-13-9-12-25(21-26)34(39)35-19-18-31-28-15-6-5-14-27(28)30(22-36-31)24-10-3-2-4-11-24/h2-17,20-21,30H,18-19,22H2,1H3,(H,35,39)(H,37,38). The lowest BCUT2D eigenvalue weighted by molar-refractivity contribution is 0.0955. The van der Waals surface area contributed by atoms with Gasteiger partial charge in [-0.25, -0.2) is 0 Å². The van der Waals surface area contributed by atoms with Crippen LogP contribution in [0.5, 0.6) is 0 Å². The molecule has 0 saturated heterocycles. The minimum atomic E-state index is -0.0960. The van der Waals surface area contributed by atoms with E-state index >= 15 is 0 Å². The predicted molar refractivity (Wildman–Crippen MR) is 159 cm³/mol. The molecule has 2 heterocycles. The number of aliphatic imine (C=N–C) groups is 1. The maximum Gasteiger partial charge on any atom is 0.251 e. The zero-order valence-electron chi connectivity index (χ0n) is 21.9. The van der Waals surface area contributed by atoms with E-state index in [0.29, 0.717) is 18.5 Å². The summed E-state index contributed by atoms with van der Waals surface area (Å²) in [6.45, 7) is 3.23. The number of nitrogens with one attached hydrogen (secondary N) is 2. The summed E-state index contributed by atoms with van der Waals surface area (Å²) in [6.07, 6.45) is 0.685. The number of aromatic nitrogens is 1. The molecule has 1 aliphatic heterocycles. The van der Waals surface area contributed by atoms with E-state index in [4.69, 9.17) is 4.99 Å². The predicted octanol–water partition coefficient (Wildman–Crippen LogP) is 7.04. The van der Waals surface area contributed by atoms with Crippen molar-refractivity contribution in [1.82, 2.24) is 10.3 Å². The Kier molecular flexibility index (Phi) is 6.88. The van der Waals surface area contributed by atoms with Gasteiger partial charge in [0.1, 0.15) is 0 Å². The van der Waals surface area contributed by atoms with Crippen LogP contribution in [0.2, 0.25) is 0 Å². The van der Waals surface area contributed by atoms with Gasteiger partial charge in [-0.15, -0.1) is 0 Å². The van der Waals surface area contributed by atoms with Crippen LogP contribution in [0.25, 0.3) is 10.9 Å². The van der Waals surface area contributed by atoms with E-state index in [0.717, 1.165) is 40.2 Å². The Bertz CT molecular complexity index is 1680. The minimum Gasteiger partial charge on any atom is -0.355 e. The van der Waals surface area contributed by atoms with Crippen molar-refractivity contribution < 1.29 is 4.79 Å². The normalized spacial score (nSPS) is 14.4. The smallest absolute Gasteiger partial charge is 0.251 e. The maximum atomic E-state index is 13.1. The van der Waals surface area contributed by atoms with Gasteiger partial charge in [-0.05, 0) is 53.9 Å². The first-order valence-electron chi connectivity index (χ1n) is 13.3. The molecule has 1 amide bonds. The zero-order valence-corrected chi connectivity index (χ0v) is 21.9. The van der Waals surface area contributed by atoms with Gasteiger partial charge in [-0.1, -0.05) is 78.9 Å². The van der Waals surface area contributed by atoms with Gasteiger partial charge in [0, 0.05) is 52.6 Å². The van der Waals surface area contributed by atoms with Gasteiger partial charge in [-0.2, -0.15) is 0 Å². The number of carbonyl (C=O) groups is 1. The van der Waals surface area contributed by atoms with Crippen molar-refractivity contribution in [2.24, 2.45) is 4.99 Å². The van der Waals surface area contributed by atoms with Gasteiger partial charge in [-0.3, -0.25) is 14.8 Å². The Balaban J connectivity index is 1.13. The highest BCUT2D eigenvalue weighted by Gasteiger charge is 2.23. The fourth-order valence-corrected chi connectivity index (χ4v) is 5.33. The number of carbonyl (C=O) groups excluding carboxylic acids is 1. The molecule has 1 aromatic heterocycles. The molecule has 2 N–H and O–H groups in total. The molecule has 5 nitrogen and oxygen atoms in total. The number of anilines is 2. The topological polar surface area (TPSA) is 66.4 Å². The van der Waals surface area contributed by atoms with Gasteiger partial charge < -0.3 is 10.6 Å². The van der Waals surface area contributed by atoms with Crippen molar-refractivity contribution >= 4 is 33.9 Å². The first-order valence-corrected chi connectivity index (χ1v) is 13.3. The Hall–Kier alpha value is -4.77. The number of amides is 1. The van der Waals surface area contributed by atoms with Crippen molar-refractivity contribution in [2.75, 3.05) is 18.4 Å². The number of fused-ring (bicyclic) bond motifs is 2. The van der Waals surface area contributed by atoms with Crippen molar-refractivity contribution in [3.8, 4) is 0 Å². The zero-order chi connectivity index (χ0) is 26.6. The number of benzene rings is 4. The van der Waals surface area contributed by atoms with Gasteiger partial charge in [0.15, 0.2) is 0 Å². The Morgan fingerprint density at radius 3 is 2.56 bits per heavy atom. The lowest BCUT2D eigenvalue weighted by Gasteiger charge is -2.25. The Labute approximate surface area is 228 Å². The number of hydrogen-bond donors (Lipinski definition) is 2. The average molecular weight is 511 g/mol. The summed E-state index contributed by atoms with van der Waals surface area (Å²) in [4.78, 5) is 22.6. The average Bonchev–Trinajstić information content (AvgIpc) is 2.97. The number of para-hydroxylation sites is 1. The summed E-state index contributed by atoms with van der Waals surface area (Å²) in [7, 11) is 0. The largest absolute Gasteiger partial charge is 0.355 e. The lowest BCUT2D eigenvalue weighted by Crippen LogP contribution is -2.28. The fourth-order valence-electron chi connectivity index (χ4n) is 5.33. The molecule has 5 heteroatoms. The second-order valence-corrected chi connectivity index (χ2v) is 9.88. The van der Waals surface area contributed by atoms with Crippen LogP contribution in [0.3, 0.4) is 0 Å². The Morgan fingerprint density at radius 2 is 1.67 bits per heavy atom. The van der Waals surface area contributed by atoms with E-state index in [1.54, 1.807) is 0 Å². The summed E-state index contributed by atoms with van der Waals surface area (Å²) < 4.78 is 0. The molecule has 5 aromatic rings. The molecule has 1 atom stereocenters. The molecule has 192 valence electrons. The minimum absolute atomic E-state index is 0.0960. The summed E-state index contributed by atoms with van der Waals surface area (Å²) in [5, 5.41) is 7.62. The van der Waals surface area contributed by atoms with Crippen LogP contribution in [0.4, 0.5) is 11.4 Å². The van der Waals surface area contributed by atoms with Crippen molar-refractivity contribution in [3.63, 3.8) is 0 Å². The van der Waals surface area contributed by atoms with E-state index in [-0.39, 0.29) is 11.8 Å². The lowest BCUT2D eigenvalue weighted by atomic mass is 9.84. The number of aryl methyl sites for hydroxylation is 1. The summed E-state index contributed by atoms with van der Waals surface area (Å²) >= 11 is 0. The molecule has 0 aliphatic carbocycles. The van der Waals surface area contributed by atoms with Crippen LogP contribution < -0.4 is 10.6 Å². The molecule has 0 fully saturated rings. The fraction of sp³-hybridized carbons (Fsp3) is 0.147. The highest BCUT2D eigenvalue weighted by Crippen LogP contribution is 2.32. The van der Waals surface area contributed by atoms with Gasteiger partial charge in [0.05, 0.1) is 12.1 Å². The van der Waals surface area contributed by atoms with Crippen molar-refractivity contribution in [2.45, 2.75) is 19.3 Å². The highest BCUT2D eigenvalue weighted by atomic mass is 16.1. The number of rotatable bonds is 7. The second-order valence-electron chi connectivity index (χ2n) is 9.88. The van der Waals surface area contributed by atoms with Gasteiger partial charge in [0.2, 0.25) is 0 Å². The molecule has 0 spiro atoms. The molecule has 6 rings (SSSR count). The summed E-state index contributed by atoms with van der Waals surface area (Å²) in [5.41, 5.74) is 9.14. The highest BCUT2D eigenvalue weighted by molar-refractivity contribution is 6.03. The van der Waals surface area contributed by atoms with E-state index in [1.807, 2.05) is 61.5 Å². The van der Waals surface area contributed by atoms with Crippen LogP contribution in [-0.4, -0.2) is 29.7 Å². The molecule has 4 aromatic carbocycles. The summed E-state index contributed by atoms with van der Waals surface area (Å²) in [5.74, 6) is 0.165. The summed E-state index contributed by atoms with van der Waals surface area (Å²) in [6, 6.07) is 36.7. The van der Waals surface area contributed by atoms with E-state index in [2.05, 4.69) is 70.2 Å². The SMILES string of the molecule is Cc1cc(Nc2cccc(C(=O)NCCC3=NCC(c4ccccc4)c4ccccc43)c2)c2ccccc2n1. The molecule has 1 unspecified atom stereocenters. The van der Waals surface area contributed by atoms with Crippen LogP contribution in [-0.2, 0) is 0 Å². The molecular formula is C34H30N4O. The molecule has 39 heavy (non-hydrogen) atoms. The number of hydrogen-bond acceptors (Lipinski definition) is 4. The third-order valence-electron chi connectivity index (χ3n) is 7.21. The van der Waals surface area contributed by atoms with E-state index in [9.17, 15) is 4.79 Å². The molecule has 0 radical (unpaired) electrons. The van der Waals surface area contributed by atoms with E-state index < -0.39 is 0 Å². The third kappa shape index (κ3) is 5.30. The third-order valence-corrected chi connectivity index (χ3v) is 7.21. The Morgan fingerprint density at radius 1 is 0.872 bits per heavy atom. The van der Waals surface area contributed by atoms with Crippen molar-refractivity contribution in [3.05, 3.63) is 137 Å². The number of nitrogens with zero attached hydrogens (tertiary/aromatic N) is 2. The van der Waals surface area contributed by atoms with Crippen LogP contribution in [0.1, 0.15) is 45.1 Å².